The van der Waals surface area contributed by atoms with Gasteiger partial charge in [-0.1, -0.05) is 31.2 Å². The molecule has 0 amide bonds. The van der Waals surface area contributed by atoms with Crippen LogP contribution >= 0.6 is 0 Å². The minimum atomic E-state index is 0.727. The summed E-state index contributed by atoms with van der Waals surface area (Å²) in [7, 11) is 0. The number of rotatable bonds is 10. The Morgan fingerprint density at radius 2 is 1.72 bits per heavy atom. The van der Waals surface area contributed by atoms with E-state index in [2.05, 4.69) is 64.9 Å². The molecule has 3 aromatic rings. The highest BCUT2D eigenvalue weighted by Crippen LogP contribution is 2.19. The molecule has 4 rings (SSSR count). The standard InChI is InChI=1S/C25H33N3O/c1-2-21-12-14-22(15-13-21)29-20-8-19-28-24-10-4-3-9-23(24)26-25(28)11-7-18-27-16-5-6-17-27/h3-4,9-10,12-15H,2,5-8,11,16-20H2,1H3. The van der Waals surface area contributed by atoms with Crippen LogP contribution in [0.5, 0.6) is 5.75 Å². The average molecular weight is 392 g/mol. The van der Waals surface area contributed by atoms with Gasteiger partial charge in [-0.05, 0) is 81.6 Å². The number of likely N-dealkylation sites (tertiary alicyclic amines) is 1. The Morgan fingerprint density at radius 1 is 0.931 bits per heavy atom. The van der Waals surface area contributed by atoms with Gasteiger partial charge in [-0.3, -0.25) is 0 Å². The molecular formula is C25H33N3O. The first-order valence-corrected chi connectivity index (χ1v) is 11.2. The molecule has 1 aliphatic heterocycles. The minimum absolute atomic E-state index is 0.727. The lowest BCUT2D eigenvalue weighted by Crippen LogP contribution is -2.21. The van der Waals surface area contributed by atoms with Crippen LogP contribution in [0.3, 0.4) is 0 Å². The molecule has 0 bridgehead atoms. The van der Waals surface area contributed by atoms with Crippen molar-refractivity contribution in [3.8, 4) is 5.75 Å². The van der Waals surface area contributed by atoms with E-state index < -0.39 is 0 Å². The average Bonchev–Trinajstić information content (AvgIpc) is 3.40. The second-order valence-corrected chi connectivity index (χ2v) is 8.02. The molecule has 4 heteroatoms. The monoisotopic (exact) mass is 391 g/mol. The van der Waals surface area contributed by atoms with Gasteiger partial charge in [0.2, 0.25) is 0 Å². The van der Waals surface area contributed by atoms with E-state index in [1.54, 1.807) is 0 Å². The number of hydrogen-bond donors (Lipinski definition) is 0. The second kappa shape index (κ2) is 9.93. The third-order valence-corrected chi connectivity index (χ3v) is 5.93. The van der Waals surface area contributed by atoms with E-state index >= 15 is 0 Å². The van der Waals surface area contributed by atoms with Gasteiger partial charge in [-0.25, -0.2) is 4.98 Å². The van der Waals surface area contributed by atoms with Crippen molar-refractivity contribution >= 4 is 11.0 Å². The largest absolute Gasteiger partial charge is 0.494 e. The molecule has 0 spiro atoms. The fourth-order valence-corrected chi connectivity index (χ4v) is 4.27. The summed E-state index contributed by atoms with van der Waals surface area (Å²) in [6.45, 7) is 7.59. The molecule has 1 fully saturated rings. The van der Waals surface area contributed by atoms with E-state index in [9.17, 15) is 0 Å². The molecule has 4 nitrogen and oxygen atoms in total. The number of aromatic nitrogens is 2. The van der Waals surface area contributed by atoms with Crippen molar-refractivity contribution in [2.24, 2.45) is 0 Å². The van der Waals surface area contributed by atoms with Gasteiger partial charge in [0.05, 0.1) is 17.6 Å². The number of ether oxygens (including phenoxy) is 1. The summed E-state index contributed by atoms with van der Waals surface area (Å²) >= 11 is 0. The highest BCUT2D eigenvalue weighted by atomic mass is 16.5. The molecule has 0 aliphatic carbocycles. The summed E-state index contributed by atoms with van der Waals surface area (Å²) in [5.74, 6) is 2.18. The molecule has 1 aliphatic rings. The van der Waals surface area contributed by atoms with E-state index in [0.717, 1.165) is 43.7 Å². The maximum absolute atomic E-state index is 5.96. The Labute approximate surface area is 174 Å². The first kappa shape index (κ1) is 20.0. The lowest BCUT2D eigenvalue weighted by molar-refractivity contribution is 0.301. The van der Waals surface area contributed by atoms with E-state index in [-0.39, 0.29) is 0 Å². The third-order valence-electron chi connectivity index (χ3n) is 5.93. The van der Waals surface area contributed by atoms with E-state index in [4.69, 9.17) is 9.72 Å². The van der Waals surface area contributed by atoms with Crippen molar-refractivity contribution in [1.29, 1.82) is 0 Å². The number of imidazole rings is 1. The maximum Gasteiger partial charge on any atom is 0.119 e. The summed E-state index contributed by atoms with van der Waals surface area (Å²) in [4.78, 5) is 7.52. The lowest BCUT2D eigenvalue weighted by Gasteiger charge is -2.14. The first-order chi connectivity index (χ1) is 14.3. The van der Waals surface area contributed by atoms with Gasteiger partial charge in [0.1, 0.15) is 11.6 Å². The van der Waals surface area contributed by atoms with E-state index in [1.807, 2.05) is 0 Å². The molecule has 0 atom stereocenters. The van der Waals surface area contributed by atoms with E-state index in [0.29, 0.717) is 0 Å². The predicted molar refractivity (Wildman–Crippen MR) is 120 cm³/mol. The van der Waals surface area contributed by atoms with Crippen molar-refractivity contribution in [3.63, 3.8) is 0 Å². The van der Waals surface area contributed by atoms with Crippen LogP contribution in [0.2, 0.25) is 0 Å². The van der Waals surface area contributed by atoms with Gasteiger partial charge < -0.3 is 14.2 Å². The zero-order valence-electron chi connectivity index (χ0n) is 17.6. The summed E-state index contributed by atoms with van der Waals surface area (Å²) < 4.78 is 8.37. The van der Waals surface area contributed by atoms with E-state index in [1.165, 1.54) is 55.8 Å². The minimum Gasteiger partial charge on any atom is -0.494 e. The van der Waals surface area contributed by atoms with Gasteiger partial charge >= 0.3 is 0 Å². The van der Waals surface area contributed by atoms with Crippen molar-refractivity contribution in [2.75, 3.05) is 26.2 Å². The molecule has 0 radical (unpaired) electrons. The Bertz CT molecular complexity index is 894. The maximum atomic E-state index is 5.96. The van der Waals surface area contributed by atoms with Crippen LogP contribution in [0, 0.1) is 0 Å². The lowest BCUT2D eigenvalue weighted by atomic mass is 10.2. The second-order valence-electron chi connectivity index (χ2n) is 8.02. The Hall–Kier alpha value is -2.33. The summed E-state index contributed by atoms with van der Waals surface area (Å²) in [6, 6.07) is 17.0. The molecule has 29 heavy (non-hydrogen) atoms. The van der Waals surface area contributed by atoms with Crippen LogP contribution in [-0.2, 0) is 19.4 Å². The quantitative estimate of drug-likeness (QED) is 0.451. The van der Waals surface area contributed by atoms with Crippen LogP contribution in [0.15, 0.2) is 48.5 Å². The first-order valence-electron chi connectivity index (χ1n) is 11.2. The van der Waals surface area contributed by atoms with Crippen LogP contribution in [-0.4, -0.2) is 40.7 Å². The number of hydrogen-bond acceptors (Lipinski definition) is 3. The highest BCUT2D eigenvalue weighted by Gasteiger charge is 2.13. The van der Waals surface area contributed by atoms with Gasteiger partial charge in [0.25, 0.3) is 0 Å². The van der Waals surface area contributed by atoms with Crippen LogP contribution in [0.25, 0.3) is 11.0 Å². The predicted octanol–water partition coefficient (Wildman–Crippen LogP) is 5.10. The van der Waals surface area contributed by atoms with Crippen LogP contribution in [0.1, 0.15) is 44.0 Å². The topological polar surface area (TPSA) is 30.3 Å². The van der Waals surface area contributed by atoms with Gasteiger partial charge in [-0.2, -0.15) is 0 Å². The number of nitrogens with zero attached hydrogens (tertiary/aromatic N) is 3. The van der Waals surface area contributed by atoms with Crippen molar-refractivity contribution in [2.45, 2.75) is 52.0 Å². The molecule has 0 saturated carbocycles. The molecular weight excluding hydrogens is 358 g/mol. The van der Waals surface area contributed by atoms with Gasteiger partial charge in [-0.15, -0.1) is 0 Å². The third kappa shape index (κ3) is 5.18. The molecule has 0 unspecified atom stereocenters. The van der Waals surface area contributed by atoms with Crippen molar-refractivity contribution < 1.29 is 4.74 Å². The number of benzene rings is 2. The molecule has 1 saturated heterocycles. The summed E-state index contributed by atoms with van der Waals surface area (Å²) in [6.07, 6.45) is 7.00. The molecule has 0 N–H and O–H groups in total. The Morgan fingerprint density at radius 3 is 2.52 bits per heavy atom. The van der Waals surface area contributed by atoms with Gasteiger partial charge in [0, 0.05) is 13.0 Å². The van der Waals surface area contributed by atoms with Crippen LogP contribution in [0.4, 0.5) is 0 Å². The molecule has 1 aromatic heterocycles. The fourth-order valence-electron chi connectivity index (χ4n) is 4.27. The fraction of sp³-hybridized carbons (Fsp3) is 0.480. The summed E-state index contributed by atoms with van der Waals surface area (Å²) in [5, 5.41) is 0. The smallest absolute Gasteiger partial charge is 0.119 e. The van der Waals surface area contributed by atoms with Gasteiger partial charge in [0.15, 0.2) is 0 Å². The SMILES string of the molecule is CCc1ccc(OCCCn2c(CCCN3CCCC3)nc3ccccc32)cc1. The molecule has 2 aromatic carbocycles. The zero-order valence-corrected chi connectivity index (χ0v) is 17.6. The van der Waals surface area contributed by atoms with Crippen LogP contribution < -0.4 is 4.74 Å². The molecule has 2 heterocycles. The van der Waals surface area contributed by atoms with Crippen molar-refractivity contribution in [1.82, 2.24) is 14.5 Å². The highest BCUT2D eigenvalue weighted by molar-refractivity contribution is 5.75. The summed E-state index contributed by atoms with van der Waals surface area (Å²) in [5.41, 5.74) is 3.71. The van der Waals surface area contributed by atoms with Crippen molar-refractivity contribution in [3.05, 3.63) is 59.9 Å². The number of fused-ring (bicyclic) bond motifs is 1. The zero-order chi connectivity index (χ0) is 19.9. The normalized spacial score (nSPS) is 14.7. The number of aryl methyl sites for hydroxylation is 3. The molecule has 154 valence electrons. The Balaban J connectivity index is 1.34. The Kier molecular flexibility index (Phi) is 6.83. The number of para-hydroxylation sites is 2.